The molecule has 4 nitrogen and oxygen atoms in total. The number of hydrogen-bond acceptors (Lipinski definition) is 3. The zero-order valence-corrected chi connectivity index (χ0v) is 13.7. The second kappa shape index (κ2) is 7.64. The summed E-state index contributed by atoms with van der Waals surface area (Å²) in [7, 11) is -1.71. The van der Waals surface area contributed by atoms with Crippen LogP contribution in [0.4, 0.5) is 5.69 Å². The average Bonchev–Trinajstić information content (AvgIpc) is 2.46. The molecule has 0 aliphatic carbocycles. The third-order valence-electron chi connectivity index (χ3n) is 3.56. The van der Waals surface area contributed by atoms with E-state index in [0.29, 0.717) is 17.1 Å². The van der Waals surface area contributed by atoms with Crippen molar-refractivity contribution in [2.45, 2.75) is 51.0 Å². The van der Waals surface area contributed by atoms with E-state index in [1.807, 2.05) is 19.9 Å². The number of anilines is 1. The van der Waals surface area contributed by atoms with E-state index in [2.05, 4.69) is 12.2 Å². The van der Waals surface area contributed by atoms with Crippen molar-refractivity contribution in [2.75, 3.05) is 18.9 Å². The van der Waals surface area contributed by atoms with Gasteiger partial charge in [-0.15, -0.1) is 0 Å². The predicted molar refractivity (Wildman–Crippen MR) is 84.5 cm³/mol. The van der Waals surface area contributed by atoms with Crippen LogP contribution in [0.3, 0.4) is 0 Å². The number of sulfonamides is 1. The Kier molecular flexibility index (Phi) is 6.49. The maximum atomic E-state index is 12.9. The van der Waals surface area contributed by atoms with Gasteiger partial charge in [-0.05, 0) is 31.9 Å². The molecule has 0 saturated heterocycles. The molecule has 1 N–H and O–H groups in total. The zero-order valence-electron chi connectivity index (χ0n) is 12.9. The molecule has 0 aliphatic heterocycles. The summed E-state index contributed by atoms with van der Waals surface area (Å²) in [6.45, 7) is 6.63. The Labute approximate surface area is 123 Å². The lowest BCUT2D eigenvalue weighted by Gasteiger charge is -2.28. The summed E-state index contributed by atoms with van der Waals surface area (Å²) >= 11 is 0. The van der Waals surface area contributed by atoms with Gasteiger partial charge in [0.25, 0.3) is 0 Å². The third-order valence-corrected chi connectivity index (χ3v) is 5.63. The fourth-order valence-corrected chi connectivity index (χ4v) is 4.06. The van der Waals surface area contributed by atoms with Crippen LogP contribution >= 0.6 is 0 Å². The van der Waals surface area contributed by atoms with Gasteiger partial charge in [-0.3, -0.25) is 0 Å². The normalized spacial score (nSPS) is 13.4. The summed E-state index contributed by atoms with van der Waals surface area (Å²) in [5, 5.41) is 2.96. The largest absolute Gasteiger partial charge is 0.387 e. The number of benzene rings is 1. The minimum absolute atomic E-state index is 0.0106. The second-order valence-electron chi connectivity index (χ2n) is 4.97. The Hall–Kier alpha value is -1.07. The lowest BCUT2D eigenvalue weighted by molar-refractivity contribution is 0.324. The van der Waals surface area contributed by atoms with Crippen molar-refractivity contribution in [2.24, 2.45) is 0 Å². The number of hydrogen-bond donors (Lipinski definition) is 1. The van der Waals surface area contributed by atoms with E-state index < -0.39 is 10.0 Å². The Morgan fingerprint density at radius 1 is 1.25 bits per heavy atom. The van der Waals surface area contributed by atoms with E-state index in [-0.39, 0.29) is 6.04 Å². The van der Waals surface area contributed by atoms with E-state index in [1.54, 1.807) is 29.6 Å². The molecule has 1 rings (SSSR count). The van der Waals surface area contributed by atoms with E-state index in [1.165, 1.54) is 0 Å². The van der Waals surface area contributed by atoms with Gasteiger partial charge >= 0.3 is 0 Å². The standard InChI is InChI=1S/C15H26N2O2S/c1-5-7-12-17(13(3)6-2)20(18,19)15-11-9-8-10-14(15)16-4/h8-11,13,16H,5-7,12H2,1-4H3. The number of unbranched alkanes of at least 4 members (excludes halogenated alkanes) is 1. The molecule has 0 fully saturated rings. The molecule has 1 aromatic carbocycles. The molecule has 0 amide bonds. The Balaban J connectivity index is 3.21. The molecule has 1 unspecified atom stereocenters. The average molecular weight is 298 g/mol. The molecule has 0 heterocycles. The van der Waals surface area contributed by atoms with Gasteiger partial charge in [-0.25, -0.2) is 8.42 Å². The summed E-state index contributed by atoms with van der Waals surface area (Å²) in [4.78, 5) is 0.360. The summed E-state index contributed by atoms with van der Waals surface area (Å²) in [6, 6.07) is 7.08. The third kappa shape index (κ3) is 3.73. The fourth-order valence-electron chi connectivity index (χ4n) is 2.12. The Bertz CT molecular complexity index is 514. The van der Waals surface area contributed by atoms with Crippen molar-refractivity contribution >= 4 is 15.7 Å². The molecule has 1 aromatic rings. The first kappa shape index (κ1) is 17.0. The second-order valence-corrected chi connectivity index (χ2v) is 6.83. The molecular formula is C15H26N2O2S. The molecule has 0 saturated carbocycles. The van der Waals surface area contributed by atoms with E-state index in [9.17, 15) is 8.42 Å². The molecule has 1 atom stereocenters. The van der Waals surface area contributed by atoms with E-state index in [0.717, 1.165) is 19.3 Å². The lowest BCUT2D eigenvalue weighted by Crippen LogP contribution is -2.39. The topological polar surface area (TPSA) is 49.4 Å². The Morgan fingerprint density at radius 2 is 1.90 bits per heavy atom. The summed E-state index contributed by atoms with van der Waals surface area (Å²) in [5.74, 6) is 0. The fraction of sp³-hybridized carbons (Fsp3) is 0.600. The highest BCUT2D eigenvalue weighted by Crippen LogP contribution is 2.26. The first-order chi connectivity index (χ1) is 9.48. The molecule has 0 radical (unpaired) electrons. The Morgan fingerprint density at radius 3 is 2.45 bits per heavy atom. The van der Waals surface area contributed by atoms with Crippen LogP contribution in [0.1, 0.15) is 40.0 Å². The maximum Gasteiger partial charge on any atom is 0.245 e. The predicted octanol–water partition coefficient (Wildman–Crippen LogP) is 3.32. The monoisotopic (exact) mass is 298 g/mol. The highest BCUT2D eigenvalue weighted by Gasteiger charge is 2.29. The van der Waals surface area contributed by atoms with Gasteiger partial charge < -0.3 is 5.32 Å². The summed E-state index contributed by atoms with van der Waals surface area (Å²) in [6.07, 6.45) is 2.67. The zero-order chi connectivity index (χ0) is 15.2. The van der Waals surface area contributed by atoms with Crippen LogP contribution < -0.4 is 5.32 Å². The molecule has 0 aromatic heterocycles. The van der Waals surface area contributed by atoms with Crippen molar-refractivity contribution in [1.29, 1.82) is 0 Å². The van der Waals surface area contributed by atoms with Crippen LogP contribution in [0.15, 0.2) is 29.2 Å². The maximum absolute atomic E-state index is 12.9. The summed E-state index contributed by atoms with van der Waals surface area (Å²) < 4.78 is 27.4. The van der Waals surface area contributed by atoms with Gasteiger partial charge in [0.15, 0.2) is 0 Å². The van der Waals surface area contributed by atoms with Crippen molar-refractivity contribution in [1.82, 2.24) is 4.31 Å². The van der Waals surface area contributed by atoms with Gasteiger partial charge in [0.2, 0.25) is 10.0 Å². The van der Waals surface area contributed by atoms with Crippen LogP contribution in [0.2, 0.25) is 0 Å². The van der Waals surface area contributed by atoms with Crippen LogP contribution in [-0.2, 0) is 10.0 Å². The molecule has 5 heteroatoms. The molecular weight excluding hydrogens is 272 g/mol. The van der Waals surface area contributed by atoms with E-state index >= 15 is 0 Å². The van der Waals surface area contributed by atoms with Crippen molar-refractivity contribution in [3.05, 3.63) is 24.3 Å². The first-order valence-electron chi connectivity index (χ1n) is 7.27. The van der Waals surface area contributed by atoms with Crippen LogP contribution in [-0.4, -0.2) is 32.4 Å². The SMILES string of the molecule is CCCCN(C(C)CC)S(=O)(=O)c1ccccc1NC. The van der Waals surface area contributed by atoms with Crippen LogP contribution in [0.5, 0.6) is 0 Å². The smallest absolute Gasteiger partial charge is 0.245 e. The molecule has 20 heavy (non-hydrogen) atoms. The first-order valence-corrected chi connectivity index (χ1v) is 8.71. The lowest BCUT2D eigenvalue weighted by atomic mass is 10.2. The molecule has 0 bridgehead atoms. The number of nitrogens with one attached hydrogen (secondary N) is 1. The van der Waals surface area contributed by atoms with Gasteiger partial charge in [-0.1, -0.05) is 32.4 Å². The minimum atomic E-state index is -3.46. The van der Waals surface area contributed by atoms with Crippen molar-refractivity contribution < 1.29 is 8.42 Å². The van der Waals surface area contributed by atoms with Gasteiger partial charge in [-0.2, -0.15) is 4.31 Å². The molecule has 0 spiro atoms. The van der Waals surface area contributed by atoms with Gasteiger partial charge in [0.1, 0.15) is 4.90 Å². The number of rotatable bonds is 8. The van der Waals surface area contributed by atoms with Crippen LogP contribution in [0.25, 0.3) is 0 Å². The van der Waals surface area contributed by atoms with Crippen molar-refractivity contribution in [3.63, 3.8) is 0 Å². The van der Waals surface area contributed by atoms with Gasteiger partial charge in [0.05, 0.1) is 5.69 Å². The van der Waals surface area contributed by atoms with E-state index in [4.69, 9.17) is 0 Å². The quantitative estimate of drug-likeness (QED) is 0.801. The highest BCUT2D eigenvalue weighted by atomic mass is 32.2. The summed E-state index contributed by atoms with van der Waals surface area (Å²) in [5.41, 5.74) is 0.650. The molecule has 114 valence electrons. The number of nitrogens with zero attached hydrogens (tertiary/aromatic N) is 1. The highest BCUT2D eigenvalue weighted by molar-refractivity contribution is 7.89. The van der Waals surface area contributed by atoms with Crippen LogP contribution in [0, 0.1) is 0 Å². The molecule has 0 aliphatic rings. The van der Waals surface area contributed by atoms with Gasteiger partial charge in [0, 0.05) is 19.6 Å². The minimum Gasteiger partial charge on any atom is -0.387 e. The number of para-hydroxylation sites is 1. The van der Waals surface area contributed by atoms with Crippen molar-refractivity contribution in [3.8, 4) is 0 Å².